The molecule has 0 spiro atoms. The quantitative estimate of drug-likeness (QED) is 0.185. The van der Waals surface area contributed by atoms with E-state index in [4.69, 9.17) is 9.15 Å². The molecule has 0 fully saturated rings. The fraction of sp³-hybridized carbons (Fsp3) is 0.171. The van der Waals surface area contributed by atoms with Gasteiger partial charge in [-0.25, -0.2) is 0 Å². The first-order chi connectivity index (χ1) is 19.7. The van der Waals surface area contributed by atoms with Gasteiger partial charge in [0.05, 0.1) is 19.7 Å². The summed E-state index contributed by atoms with van der Waals surface area (Å²) in [6.45, 7) is 1.95. The summed E-state index contributed by atoms with van der Waals surface area (Å²) < 4.78 is 11.7. The lowest BCUT2D eigenvalue weighted by Crippen LogP contribution is -2.29. The molecular weight excluding hydrogens is 496 g/mol. The molecule has 0 saturated heterocycles. The molecule has 0 aliphatic heterocycles. The predicted octanol–water partition coefficient (Wildman–Crippen LogP) is 7.20. The molecular formula is C35H34N2O3. The number of para-hydroxylation sites is 1. The van der Waals surface area contributed by atoms with Gasteiger partial charge in [0.25, 0.3) is 5.91 Å². The second kappa shape index (κ2) is 13.5. The molecule has 5 heteroatoms. The van der Waals surface area contributed by atoms with Crippen LogP contribution in [-0.4, -0.2) is 17.9 Å². The first kappa shape index (κ1) is 27.0. The first-order valence-corrected chi connectivity index (χ1v) is 13.5. The van der Waals surface area contributed by atoms with E-state index in [9.17, 15) is 4.79 Å². The maximum Gasteiger partial charge on any atom is 0.287 e. The second-order valence-electron chi connectivity index (χ2n) is 9.84. The summed E-state index contributed by atoms with van der Waals surface area (Å²) in [7, 11) is 1.69. The van der Waals surface area contributed by atoms with Crippen LogP contribution in [0.25, 0.3) is 0 Å². The minimum atomic E-state index is -0.227. The van der Waals surface area contributed by atoms with E-state index in [0.717, 1.165) is 34.7 Å². The van der Waals surface area contributed by atoms with E-state index in [-0.39, 0.29) is 11.9 Å². The number of carbonyl (C=O) groups excluding carboxylic acids is 1. The van der Waals surface area contributed by atoms with Crippen molar-refractivity contribution < 1.29 is 13.9 Å². The zero-order chi connectivity index (χ0) is 27.6. The number of hydrogen-bond donors (Lipinski definition) is 1. The number of nitrogens with one attached hydrogen (secondary N) is 1. The largest absolute Gasteiger partial charge is 0.496 e. The Morgan fingerprint density at radius 3 is 2.05 bits per heavy atom. The molecule has 1 aromatic heterocycles. The fourth-order valence-electron chi connectivity index (χ4n) is 4.91. The molecule has 40 heavy (non-hydrogen) atoms. The smallest absolute Gasteiger partial charge is 0.287 e. The molecule has 1 atom stereocenters. The Labute approximate surface area is 236 Å². The average Bonchev–Trinajstić information content (AvgIpc) is 3.47. The van der Waals surface area contributed by atoms with Gasteiger partial charge < -0.3 is 14.5 Å². The molecule has 1 heterocycles. The summed E-state index contributed by atoms with van der Waals surface area (Å²) in [5, 5.41) is 3.20. The molecule has 0 aliphatic rings. The van der Waals surface area contributed by atoms with Crippen LogP contribution in [0.15, 0.2) is 132 Å². The van der Waals surface area contributed by atoms with E-state index in [1.54, 1.807) is 13.2 Å². The van der Waals surface area contributed by atoms with Gasteiger partial charge in [0, 0.05) is 18.7 Å². The molecule has 5 rings (SSSR count). The lowest BCUT2D eigenvalue weighted by Gasteiger charge is -2.22. The van der Waals surface area contributed by atoms with E-state index < -0.39 is 0 Å². The Morgan fingerprint density at radius 1 is 0.725 bits per heavy atom. The summed E-state index contributed by atoms with van der Waals surface area (Å²) >= 11 is 0. The summed E-state index contributed by atoms with van der Waals surface area (Å²) in [4.78, 5) is 15.6. The third-order valence-electron chi connectivity index (χ3n) is 6.89. The monoisotopic (exact) mass is 530 g/mol. The Hall–Kier alpha value is -4.61. The molecule has 1 amide bonds. The van der Waals surface area contributed by atoms with Crippen molar-refractivity contribution >= 4 is 5.91 Å². The number of amides is 1. The Balaban J connectivity index is 1.32. The Kier molecular flexibility index (Phi) is 9.07. The van der Waals surface area contributed by atoms with Gasteiger partial charge in [-0.2, -0.15) is 0 Å². The molecule has 0 radical (unpaired) electrons. The van der Waals surface area contributed by atoms with Crippen LogP contribution in [0.3, 0.4) is 0 Å². The number of ether oxygens (including phenoxy) is 1. The van der Waals surface area contributed by atoms with Crippen molar-refractivity contribution in [1.29, 1.82) is 0 Å². The predicted molar refractivity (Wildman–Crippen MR) is 158 cm³/mol. The van der Waals surface area contributed by atoms with Crippen molar-refractivity contribution in [3.05, 3.63) is 161 Å². The summed E-state index contributed by atoms with van der Waals surface area (Å²) in [5.41, 5.74) is 4.51. The van der Waals surface area contributed by atoms with E-state index in [0.29, 0.717) is 25.3 Å². The van der Waals surface area contributed by atoms with Crippen LogP contribution >= 0.6 is 0 Å². The molecule has 0 aliphatic carbocycles. The Morgan fingerprint density at radius 2 is 1.35 bits per heavy atom. The van der Waals surface area contributed by atoms with Crippen LogP contribution in [0.1, 0.15) is 44.6 Å². The number of furan rings is 1. The number of methoxy groups -OCH3 is 1. The summed E-state index contributed by atoms with van der Waals surface area (Å²) in [6, 6.07) is 42.1. The standard InChI is InChI=1S/C35H34N2O3/c1-39-33-20-12-11-19-30(33)25-37(24-28-15-7-3-8-16-28)26-31-21-22-34(40-31)35(38)36-32(29-17-9-4-10-18-29)23-27-13-5-2-6-14-27/h2-22,32H,23-26H2,1H3,(H,36,38). The minimum absolute atomic E-state index is 0.176. The van der Waals surface area contributed by atoms with Gasteiger partial charge in [-0.3, -0.25) is 9.69 Å². The highest BCUT2D eigenvalue weighted by molar-refractivity contribution is 5.91. The van der Waals surface area contributed by atoms with Crippen LogP contribution in [0, 0.1) is 0 Å². The number of benzene rings is 4. The summed E-state index contributed by atoms with van der Waals surface area (Å²) in [5.74, 6) is 1.66. The van der Waals surface area contributed by atoms with Crippen molar-refractivity contribution in [3.8, 4) is 5.75 Å². The zero-order valence-electron chi connectivity index (χ0n) is 22.7. The Bertz CT molecular complexity index is 1480. The third-order valence-corrected chi connectivity index (χ3v) is 6.89. The van der Waals surface area contributed by atoms with Crippen LogP contribution in [-0.2, 0) is 26.1 Å². The highest BCUT2D eigenvalue weighted by Gasteiger charge is 2.20. The van der Waals surface area contributed by atoms with Gasteiger partial charge in [-0.15, -0.1) is 0 Å². The molecule has 202 valence electrons. The number of carbonyl (C=O) groups is 1. The van der Waals surface area contributed by atoms with Gasteiger partial charge in [-0.1, -0.05) is 109 Å². The van der Waals surface area contributed by atoms with E-state index in [2.05, 4.69) is 40.5 Å². The van der Waals surface area contributed by atoms with Crippen LogP contribution in [0.5, 0.6) is 5.75 Å². The number of hydrogen-bond acceptors (Lipinski definition) is 4. The highest BCUT2D eigenvalue weighted by atomic mass is 16.5. The lowest BCUT2D eigenvalue weighted by atomic mass is 9.99. The van der Waals surface area contributed by atoms with Crippen molar-refractivity contribution in [2.24, 2.45) is 0 Å². The molecule has 5 nitrogen and oxygen atoms in total. The third kappa shape index (κ3) is 7.28. The highest BCUT2D eigenvalue weighted by Crippen LogP contribution is 2.23. The lowest BCUT2D eigenvalue weighted by molar-refractivity contribution is 0.0904. The molecule has 5 aromatic rings. The van der Waals surface area contributed by atoms with E-state index >= 15 is 0 Å². The van der Waals surface area contributed by atoms with Gasteiger partial charge in [0.1, 0.15) is 11.5 Å². The molecule has 0 bridgehead atoms. The van der Waals surface area contributed by atoms with Crippen molar-refractivity contribution in [2.45, 2.75) is 32.1 Å². The normalized spacial score (nSPS) is 11.8. The zero-order valence-corrected chi connectivity index (χ0v) is 22.7. The molecule has 4 aromatic carbocycles. The maximum absolute atomic E-state index is 13.3. The maximum atomic E-state index is 13.3. The van der Waals surface area contributed by atoms with Crippen LogP contribution in [0.2, 0.25) is 0 Å². The number of rotatable bonds is 12. The molecule has 0 saturated carbocycles. The number of nitrogens with zero attached hydrogens (tertiary/aromatic N) is 1. The SMILES string of the molecule is COc1ccccc1CN(Cc1ccccc1)Cc1ccc(C(=O)NC(Cc2ccccc2)c2ccccc2)o1. The summed E-state index contributed by atoms with van der Waals surface area (Å²) in [6.07, 6.45) is 0.688. The topological polar surface area (TPSA) is 54.7 Å². The van der Waals surface area contributed by atoms with Gasteiger partial charge >= 0.3 is 0 Å². The van der Waals surface area contributed by atoms with Crippen molar-refractivity contribution in [2.75, 3.05) is 7.11 Å². The van der Waals surface area contributed by atoms with Gasteiger partial charge in [0.15, 0.2) is 5.76 Å². The van der Waals surface area contributed by atoms with E-state index in [1.165, 1.54) is 5.56 Å². The van der Waals surface area contributed by atoms with Gasteiger partial charge in [0.2, 0.25) is 0 Å². The van der Waals surface area contributed by atoms with Crippen LogP contribution in [0.4, 0.5) is 0 Å². The average molecular weight is 531 g/mol. The second-order valence-corrected chi connectivity index (χ2v) is 9.84. The van der Waals surface area contributed by atoms with Gasteiger partial charge in [-0.05, 0) is 41.3 Å². The van der Waals surface area contributed by atoms with Crippen LogP contribution < -0.4 is 10.1 Å². The van der Waals surface area contributed by atoms with E-state index in [1.807, 2.05) is 91.0 Å². The molecule has 1 unspecified atom stereocenters. The fourth-order valence-corrected chi connectivity index (χ4v) is 4.91. The minimum Gasteiger partial charge on any atom is -0.496 e. The van der Waals surface area contributed by atoms with Crippen molar-refractivity contribution in [1.82, 2.24) is 10.2 Å². The van der Waals surface area contributed by atoms with Crippen molar-refractivity contribution in [3.63, 3.8) is 0 Å². The first-order valence-electron chi connectivity index (χ1n) is 13.5. The molecule has 1 N–H and O–H groups in total.